The highest BCUT2D eigenvalue weighted by Crippen LogP contribution is 2.36. The third-order valence-electron chi connectivity index (χ3n) is 4.57. The highest BCUT2D eigenvalue weighted by atomic mass is 16.5. The van der Waals surface area contributed by atoms with Crippen LogP contribution in [0.4, 0.5) is 0 Å². The molecule has 0 aliphatic carbocycles. The first-order valence-corrected chi connectivity index (χ1v) is 8.22. The van der Waals surface area contributed by atoms with Crippen molar-refractivity contribution in [2.45, 2.75) is 38.2 Å². The van der Waals surface area contributed by atoms with Crippen LogP contribution >= 0.6 is 0 Å². The van der Waals surface area contributed by atoms with E-state index in [2.05, 4.69) is 4.98 Å². The van der Waals surface area contributed by atoms with Gasteiger partial charge in [0, 0.05) is 18.2 Å². The van der Waals surface area contributed by atoms with E-state index in [1.165, 1.54) is 10.8 Å². The minimum Gasteiger partial charge on any atom is -0.486 e. The number of nitrogens with zero attached hydrogens (tertiary/aromatic N) is 1. The van der Waals surface area contributed by atoms with Crippen molar-refractivity contribution in [3.05, 3.63) is 62.9 Å². The number of Topliss-reactive ketones (excluding diaryl/α,β-unsaturated/α-hetero) is 1. The second-order valence-corrected chi connectivity index (χ2v) is 6.36. The van der Waals surface area contributed by atoms with E-state index < -0.39 is 35.0 Å². The van der Waals surface area contributed by atoms with Crippen LogP contribution in [0, 0.1) is 6.92 Å². The molecular formula is C18H20N2O6. The van der Waals surface area contributed by atoms with Gasteiger partial charge in [-0.1, -0.05) is 18.2 Å². The predicted octanol–water partition coefficient (Wildman–Crippen LogP) is 0.532. The first-order chi connectivity index (χ1) is 12.3. The summed E-state index contributed by atoms with van der Waals surface area (Å²) in [6.45, 7) is 2.79. The first-order valence-electron chi connectivity index (χ1n) is 8.22. The fourth-order valence-corrected chi connectivity index (χ4v) is 2.92. The van der Waals surface area contributed by atoms with Crippen molar-refractivity contribution in [2.75, 3.05) is 6.61 Å². The molecule has 2 N–H and O–H groups in total. The summed E-state index contributed by atoms with van der Waals surface area (Å²) in [5, 5.41) is 10.8. The average molecular weight is 360 g/mol. The van der Waals surface area contributed by atoms with Crippen molar-refractivity contribution in [1.29, 1.82) is 0 Å². The molecule has 2 aromatic rings. The van der Waals surface area contributed by atoms with Gasteiger partial charge in [0.1, 0.15) is 18.6 Å². The van der Waals surface area contributed by atoms with Gasteiger partial charge < -0.3 is 14.6 Å². The Morgan fingerprint density at radius 1 is 1.38 bits per heavy atom. The van der Waals surface area contributed by atoms with Crippen LogP contribution in [0.2, 0.25) is 0 Å². The standard InChI is InChI=1S/C18H20N2O6/c1-11-9-20(17(23)19-16(11)22)15-8-18(24,12(2)26-15)14(21)10-25-13-6-4-3-5-7-13/h3-7,9,12,15,24H,8,10H2,1-2H3,(H,19,22,23)/t12-,15-,18+/m1/s1. The van der Waals surface area contributed by atoms with E-state index in [-0.39, 0.29) is 13.0 Å². The number of hydrogen-bond donors (Lipinski definition) is 2. The second-order valence-electron chi connectivity index (χ2n) is 6.36. The largest absolute Gasteiger partial charge is 0.486 e. The Bertz CT molecular complexity index is 919. The predicted molar refractivity (Wildman–Crippen MR) is 92.2 cm³/mol. The van der Waals surface area contributed by atoms with Crippen LogP contribution in [0.25, 0.3) is 0 Å². The number of ketones is 1. The molecule has 8 nitrogen and oxygen atoms in total. The highest BCUT2D eigenvalue weighted by Gasteiger charge is 2.51. The number of aromatic amines is 1. The molecule has 26 heavy (non-hydrogen) atoms. The molecule has 138 valence electrons. The number of carbonyl (C=O) groups excluding carboxylic acids is 1. The van der Waals surface area contributed by atoms with Crippen molar-refractivity contribution in [3.63, 3.8) is 0 Å². The lowest BCUT2D eigenvalue weighted by Crippen LogP contribution is -2.47. The maximum Gasteiger partial charge on any atom is 0.330 e. The van der Waals surface area contributed by atoms with Gasteiger partial charge in [0.15, 0.2) is 5.60 Å². The summed E-state index contributed by atoms with van der Waals surface area (Å²) in [6.07, 6.45) is -0.455. The topological polar surface area (TPSA) is 111 Å². The molecule has 8 heteroatoms. The molecule has 0 unspecified atom stereocenters. The Kier molecular flexibility index (Phi) is 4.80. The molecule has 3 atom stereocenters. The van der Waals surface area contributed by atoms with Gasteiger partial charge in [-0.25, -0.2) is 4.79 Å². The number of aliphatic hydroxyl groups is 1. The molecule has 0 saturated carbocycles. The Morgan fingerprint density at radius 3 is 2.77 bits per heavy atom. The lowest BCUT2D eigenvalue weighted by atomic mass is 9.91. The summed E-state index contributed by atoms with van der Waals surface area (Å²) < 4.78 is 12.2. The third-order valence-corrected chi connectivity index (χ3v) is 4.57. The Balaban J connectivity index is 1.76. The van der Waals surface area contributed by atoms with Crippen LogP contribution in [0.3, 0.4) is 0 Å². The van der Waals surface area contributed by atoms with Gasteiger partial charge in [0.05, 0.1) is 6.10 Å². The number of aryl methyl sites for hydroxylation is 1. The van der Waals surface area contributed by atoms with Crippen molar-refractivity contribution in [2.24, 2.45) is 0 Å². The van der Waals surface area contributed by atoms with Gasteiger partial charge in [0.2, 0.25) is 5.78 Å². The molecule has 0 amide bonds. The monoisotopic (exact) mass is 360 g/mol. The van der Waals surface area contributed by atoms with Crippen LogP contribution in [0.5, 0.6) is 5.75 Å². The molecule has 0 spiro atoms. The molecule has 1 fully saturated rings. The summed E-state index contributed by atoms with van der Waals surface area (Å²) in [6, 6.07) is 8.78. The number of hydrogen-bond acceptors (Lipinski definition) is 6. The van der Waals surface area contributed by atoms with Gasteiger partial charge in [-0.15, -0.1) is 0 Å². The van der Waals surface area contributed by atoms with E-state index in [9.17, 15) is 19.5 Å². The Hall–Kier alpha value is -2.71. The van der Waals surface area contributed by atoms with E-state index in [1.54, 1.807) is 38.1 Å². The molecule has 1 aliphatic rings. The lowest BCUT2D eigenvalue weighted by molar-refractivity contribution is -0.144. The van der Waals surface area contributed by atoms with Gasteiger partial charge >= 0.3 is 5.69 Å². The van der Waals surface area contributed by atoms with Crippen molar-refractivity contribution in [3.8, 4) is 5.75 Å². The molecule has 2 heterocycles. The van der Waals surface area contributed by atoms with Crippen LogP contribution < -0.4 is 16.0 Å². The number of aromatic nitrogens is 2. The van der Waals surface area contributed by atoms with Gasteiger partial charge in [-0.2, -0.15) is 0 Å². The van der Waals surface area contributed by atoms with Crippen LogP contribution in [0.1, 0.15) is 25.1 Å². The molecule has 1 saturated heterocycles. The minimum atomic E-state index is -1.79. The summed E-state index contributed by atoms with van der Waals surface area (Å²) in [5.74, 6) is -0.0226. The fourth-order valence-electron chi connectivity index (χ4n) is 2.92. The van der Waals surface area contributed by atoms with Crippen molar-refractivity contribution in [1.82, 2.24) is 9.55 Å². The van der Waals surface area contributed by atoms with Crippen molar-refractivity contribution >= 4 is 5.78 Å². The molecule has 0 bridgehead atoms. The summed E-state index contributed by atoms with van der Waals surface area (Å²) in [4.78, 5) is 38.2. The van der Waals surface area contributed by atoms with E-state index in [1.807, 2.05) is 6.07 Å². The van der Waals surface area contributed by atoms with E-state index in [0.29, 0.717) is 11.3 Å². The summed E-state index contributed by atoms with van der Waals surface area (Å²) in [7, 11) is 0. The maximum atomic E-state index is 12.5. The lowest BCUT2D eigenvalue weighted by Gasteiger charge is -2.23. The molecule has 0 radical (unpaired) electrons. The normalized spacial score (nSPS) is 25.2. The van der Waals surface area contributed by atoms with E-state index in [0.717, 1.165) is 0 Å². The number of carbonyl (C=O) groups is 1. The minimum absolute atomic E-state index is 0.115. The van der Waals surface area contributed by atoms with Crippen LogP contribution in [0.15, 0.2) is 46.1 Å². The van der Waals surface area contributed by atoms with Gasteiger partial charge in [-0.05, 0) is 26.0 Å². The zero-order chi connectivity index (χ0) is 18.9. The first kappa shape index (κ1) is 18.1. The summed E-state index contributed by atoms with van der Waals surface area (Å²) >= 11 is 0. The number of nitrogens with one attached hydrogen (secondary N) is 1. The van der Waals surface area contributed by atoms with Gasteiger partial charge in [0.25, 0.3) is 5.56 Å². The molecule has 3 rings (SSSR count). The number of para-hydroxylation sites is 1. The average Bonchev–Trinajstić information content (AvgIpc) is 2.93. The molecular weight excluding hydrogens is 340 g/mol. The van der Waals surface area contributed by atoms with Crippen molar-refractivity contribution < 1.29 is 19.4 Å². The Morgan fingerprint density at radius 2 is 2.08 bits per heavy atom. The van der Waals surface area contributed by atoms with E-state index >= 15 is 0 Å². The zero-order valence-electron chi connectivity index (χ0n) is 14.5. The molecule has 1 aromatic heterocycles. The van der Waals surface area contributed by atoms with Gasteiger partial charge in [-0.3, -0.25) is 19.1 Å². The fraction of sp³-hybridized carbons (Fsp3) is 0.389. The van der Waals surface area contributed by atoms with E-state index in [4.69, 9.17) is 9.47 Å². The molecule has 1 aliphatic heterocycles. The smallest absolute Gasteiger partial charge is 0.330 e. The zero-order valence-corrected chi connectivity index (χ0v) is 14.5. The Labute approximate surface area is 149 Å². The second kappa shape index (κ2) is 6.89. The molecule has 1 aromatic carbocycles. The summed E-state index contributed by atoms with van der Waals surface area (Å²) in [5.41, 5.74) is -2.60. The highest BCUT2D eigenvalue weighted by molar-refractivity contribution is 5.89. The number of H-pyrrole nitrogens is 1. The maximum absolute atomic E-state index is 12.5. The number of ether oxygens (including phenoxy) is 2. The quantitative estimate of drug-likeness (QED) is 0.805. The number of benzene rings is 1. The third kappa shape index (κ3) is 3.33. The van der Waals surface area contributed by atoms with Crippen LogP contribution in [-0.4, -0.2) is 38.8 Å². The number of rotatable bonds is 5. The SMILES string of the molecule is Cc1cn([C@H]2C[C@@](O)(C(=O)COc3ccccc3)[C@@H](C)O2)c(=O)[nH]c1=O. The van der Waals surface area contributed by atoms with Crippen LogP contribution in [-0.2, 0) is 9.53 Å².